The van der Waals surface area contributed by atoms with E-state index in [1.807, 2.05) is 6.07 Å². The van der Waals surface area contributed by atoms with Gasteiger partial charge in [0.15, 0.2) is 0 Å². The van der Waals surface area contributed by atoms with Crippen LogP contribution in [0.2, 0.25) is 0 Å². The van der Waals surface area contributed by atoms with Crippen LogP contribution in [0, 0.1) is 5.92 Å². The van der Waals surface area contributed by atoms with Crippen molar-refractivity contribution in [1.82, 2.24) is 4.90 Å². The molecule has 1 unspecified atom stereocenters. The third-order valence-electron chi connectivity index (χ3n) is 3.78. The van der Waals surface area contributed by atoms with Crippen LogP contribution in [0.5, 0.6) is 0 Å². The molecule has 1 fully saturated rings. The summed E-state index contributed by atoms with van der Waals surface area (Å²) < 4.78 is 38.4. The molecule has 116 valence electrons. The van der Waals surface area contributed by atoms with Crippen LogP contribution in [0.3, 0.4) is 0 Å². The van der Waals surface area contributed by atoms with Crippen LogP contribution >= 0.6 is 0 Å². The summed E-state index contributed by atoms with van der Waals surface area (Å²) in [6.45, 7) is 0.605. The van der Waals surface area contributed by atoms with Crippen molar-refractivity contribution in [2.75, 3.05) is 19.6 Å². The molecule has 0 spiro atoms. The molecule has 21 heavy (non-hydrogen) atoms. The van der Waals surface area contributed by atoms with Crippen LogP contribution in [0.15, 0.2) is 24.3 Å². The molecule has 1 aliphatic heterocycles. The van der Waals surface area contributed by atoms with Gasteiger partial charge in [-0.2, -0.15) is 13.2 Å². The third-order valence-corrected chi connectivity index (χ3v) is 3.78. The molecule has 0 radical (unpaired) electrons. The van der Waals surface area contributed by atoms with E-state index in [0.717, 1.165) is 5.56 Å². The van der Waals surface area contributed by atoms with E-state index in [-0.39, 0.29) is 18.9 Å². The molecule has 0 aromatic heterocycles. The SMILES string of the molecule is NCCc1cccc(C(=O)N2CCCC(C(F)(F)F)C2)c1. The van der Waals surface area contributed by atoms with Crippen LogP contribution in [-0.2, 0) is 6.42 Å². The molecular formula is C15H19F3N2O. The molecule has 1 aliphatic rings. The number of alkyl halides is 3. The number of rotatable bonds is 3. The van der Waals surface area contributed by atoms with Gasteiger partial charge in [0.1, 0.15) is 0 Å². The van der Waals surface area contributed by atoms with E-state index >= 15 is 0 Å². The predicted octanol–water partition coefficient (Wildman–Crippen LogP) is 2.60. The molecule has 0 bridgehead atoms. The normalized spacial score (nSPS) is 19.6. The number of benzene rings is 1. The second-order valence-corrected chi connectivity index (χ2v) is 5.37. The van der Waals surface area contributed by atoms with E-state index in [2.05, 4.69) is 0 Å². The fourth-order valence-electron chi connectivity index (χ4n) is 2.64. The molecule has 1 heterocycles. The molecule has 1 aromatic carbocycles. The van der Waals surface area contributed by atoms with Gasteiger partial charge in [-0.3, -0.25) is 4.79 Å². The van der Waals surface area contributed by atoms with E-state index < -0.39 is 12.1 Å². The van der Waals surface area contributed by atoms with Crippen molar-refractivity contribution in [2.45, 2.75) is 25.4 Å². The lowest BCUT2D eigenvalue weighted by Gasteiger charge is -2.33. The van der Waals surface area contributed by atoms with Crippen molar-refractivity contribution in [2.24, 2.45) is 11.7 Å². The molecule has 6 heteroatoms. The van der Waals surface area contributed by atoms with E-state index in [4.69, 9.17) is 5.73 Å². The maximum Gasteiger partial charge on any atom is 0.393 e. The van der Waals surface area contributed by atoms with Crippen LogP contribution in [0.1, 0.15) is 28.8 Å². The molecule has 2 rings (SSSR count). The lowest BCUT2D eigenvalue weighted by molar-refractivity contribution is -0.184. The highest BCUT2D eigenvalue weighted by atomic mass is 19.4. The minimum absolute atomic E-state index is 0.0977. The Morgan fingerprint density at radius 1 is 1.38 bits per heavy atom. The Kier molecular flexibility index (Phi) is 4.88. The summed E-state index contributed by atoms with van der Waals surface area (Å²) in [5.41, 5.74) is 6.83. The number of hydrogen-bond acceptors (Lipinski definition) is 2. The highest BCUT2D eigenvalue weighted by molar-refractivity contribution is 5.94. The largest absolute Gasteiger partial charge is 0.393 e. The minimum atomic E-state index is -4.24. The zero-order valence-corrected chi connectivity index (χ0v) is 11.7. The second-order valence-electron chi connectivity index (χ2n) is 5.37. The second kappa shape index (κ2) is 6.47. The Hall–Kier alpha value is -1.56. The van der Waals surface area contributed by atoms with Crippen LogP contribution < -0.4 is 5.73 Å². The van der Waals surface area contributed by atoms with Crippen LogP contribution in [0.25, 0.3) is 0 Å². The Morgan fingerprint density at radius 3 is 2.81 bits per heavy atom. The topological polar surface area (TPSA) is 46.3 Å². The standard InChI is InChI=1S/C15H19F3N2O/c16-15(17,18)13-5-2-8-20(10-13)14(21)12-4-1-3-11(9-12)6-7-19/h1,3-4,9,13H,2,5-8,10,19H2. The fourth-order valence-corrected chi connectivity index (χ4v) is 2.64. The highest BCUT2D eigenvalue weighted by Crippen LogP contribution is 2.33. The van der Waals surface area contributed by atoms with Crippen molar-refractivity contribution in [1.29, 1.82) is 0 Å². The molecule has 2 N–H and O–H groups in total. The number of halogens is 3. The van der Waals surface area contributed by atoms with E-state index in [1.54, 1.807) is 18.2 Å². The first-order valence-electron chi connectivity index (χ1n) is 7.07. The Labute approximate surface area is 121 Å². The maximum absolute atomic E-state index is 12.8. The van der Waals surface area contributed by atoms with Gasteiger partial charge in [-0.25, -0.2) is 0 Å². The van der Waals surface area contributed by atoms with E-state index in [9.17, 15) is 18.0 Å². The zero-order chi connectivity index (χ0) is 15.5. The van der Waals surface area contributed by atoms with Crippen molar-refractivity contribution in [3.63, 3.8) is 0 Å². The van der Waals surface area contributed by atoms with Crippen LogP contribution in [0.4, 0.5) is 13.2 Å². The van der Waals surface area contributed by atoms with Gasteiger partial charge in [0, 0.05) is 18.7 Å². The number of carbonyl (C=O) groups is 1. The molecule has 3 nitrogen and oxygen atoms in total. The molecule has 1 saturated heterocycles. The van der Waals surface area contributed by atoms with Gasteiger partial charge in [-0.1, -0.05) is 12.1 Å². The highest BCUT2D eigenvalue weighted by Gasteiger charge is 2.42. The monoisotopic (exact) mass is 300 g/mol. The Bertz CT molecular complexity index is 502. The number of amides is 1. The Balaban J connectivity index is 2.10. The van der Waals surface area contributed by atoms with E-state index in [1.165, 1.54) is 4.90 Å². The third kappa shape index (κ3) is 3.97. The quantitative estimate of drug-likeness (QED) is 0.932. The summed E-state index contributed by atoms with van der Waals surface area (Å²) in [6, 6.07) is 6.95. The van der Waals surface area contributed by atoms with Gasteiger partial charge in [-0.15, -0.1) is 0 Å². The molecule has 1 aromatic rings. The minimum Gasteiger partial charge on any atom is -0.338 e. The first-order valence-corrected chi connectivity index (χ1v) is 7.07. The zero-order valence-electron chi connectivity index (χ0n) is 11.7. The van der Waals surface area contributed by atoms with Gasteiger partial charge in [0.2, 0.25) is 0 Å². The summed E-state index contributed by atoms with van der Waals surface area (Å²) in [4.78, 5) is 13.7. The fraction of sp³-hybridized carbons (Fsp3) is 0.533. The number of piperidine rings is 1. The number of hydrogen-bond donors (Lipinski definition) is 1. The molecule has 1 amide bonds. The first-order chi connectivity index (χ1) is 9.91. The first kappa shape index (κ1) is 15.8. The lowest BCUT2D eigenvalue weighted by atomic mass is 9.96. The smallest absolute Gasteiger partial charge is 0.338 e. The molecule has 0 aliphatic carbocycles. The summed E-state index contributed by atoms with van der Waals surface area (Å²) >= 11 is 0. The van der Waals surface area contributed by atoms with Crippen molar-refractivity contribution >= 4 is 5.91 Å². The predicted molar refractivity (Wildman–Crippen MR) is 73.9 cm³/mol. The lowest BCUT2D eigenvalue weighted by Crippen LogP contribution is -2.44. The van der Waals surface area contributed by atoms with Gasteiger partial charge in [-0.05, 0) is 43.5 Å². The summed E-state index contributed by atoms with van der Waals surface area (Å²) in [5, 5.41) is 0. The van der Waals surface area contributed by atoms with Gasteiger partial charge < -0.3 is 10.6 Å². The van der Waals surface area contributed by atoms with Gasteiger partial charge in [0.05, 0.1) is 5.92 Å². The van der Waals surface area contributed by atoms with Gasteiger partial charge in [0.25, 0.3) is 5.91 Å². The average molecular weight is 300 g/mol. The molecule has 1 atom stereocenters. The van der Waals surface area contributed by atoms with Crippen molar-refractivity contribution in [3.8, 4) is 0 Å². The van der Waals surface area contributed by atoms with Gasteiger partial charge >= 0.3 is 6.18 Å². The van der Waals surface area contributed by atoms with Crippen LogP contribution in [-0.4, -0.2) is 36.6 Å². The summed E-state index contributed by atoms with van der Waals surface area (Å²) in [5.74, 6) is -1.75. The van der Waals surface area contributed by atoms with Crippen molar-refractivity contribution in [3.05, 3.63) is 35.4 Å². The Morgan fingerprint density at radius 2 is 2.14 bits per heavy atom. The number of nitrogens with two attached hydrogens (primary N) is 1. The summed E-state index contributed by atoms with van der Waals surface area (Å²) in [6.07, 6.45) is -3.11. The number of carbonyl (C=O) groups excluding carboxylic acids is 1. The summed E-state index contributed by atoms with van der Waals surface area (Å²) in [7, 11) is 0. The molecular weight excluding hydrogens is 281 g/mol. The van der Waals surface area contributed by atoms with Crippen molar-refractivity contribution < 1.29 is 18.0 Å². The van der Waals surface area contributed by atoms with E-state index in [0.29, 0.717) is 31.5 Å². The number of nitrogens with zero attached hydrogens (tertiary/aromatic N) is 1. The average Bonchev–Trinajstić information content (AvgIpc) is 2.46. The number of likely N-dealkylation sites (tertiary alicyclic amines) is 1. The molecule has 0 saturated carbocycles. The maximum atomic E-state index is 12.8.